The Kier molecular flexibility index (Phi) is 6.12. The molecule has 2 bridgehead atoms. The van der Waals surface area contributed by atoms with Crippen molar-refractivity contribution in [3.63, 3.8) is 0 Å². The van der Waals surface area contributed by atoms with Gasteiger partial charge in [-0.2, -0.15) is 0 Å². The van der Waals surface area contributed by atoms with Crippen molar-refractivity contribution in [2.75, 3.05) is 13.7 Å². The normalized spacial score (nSPS) is 26.3. The van der Waals surface area contributed by atoms with Crippen LogP contribution in [0, 0.1) is 11.8 Å². The zero-order chi connectivity index (χ0) is 29.6. The molecule has 4 aromatic rings. The number of carbonyl (C=O) groups excluding carboxylic acids is 2. The molecule has 0 unspecified atom stereocenters. The van der Waals surface area contributed by atoms with Crippen LogP contribution in [0.15, 0.2) is 36.4 Å². The number of benzene rings is 2. The Morgan fingerprint density at radius 1 is 1.09 bits per heavy atom. The highest BCUT2D eigenvalue weighted by Crippen LogP contribution is 2.44. The number of imidazole rings is 1. The van der Waals surface area contributed by atoms with Crippen LogP contribution in [0.5, 0.6) is 5.75 Å². The first-order valence-corrected chi connectivity index (χ1v) is 15.8. The number of hydrogen-bond acceptors (Lipinski definition) is 5. The molecule has 0 radical (unpaired) electrons. The zero-order valence-electron chi connectivity index (χ0n) is 25.2. The van der Waals surface area contributed by atoms with E-state index in [2.05, 4.69) is 38.7 Å². The Bertz CT molecular complexity index is 1780. The number of carbonyl (C=O) groups is 2. The lowest BCUT2D eigenvalue weighted by Crippen LogP contribution is -2.42. The summed E-state index contributed by atoms with van der Waals surface area (Å²) < 4.78 is 10.5. The number of methoxy groups -OCH3 is 1. The van der Waals surface area contributed by atoms with Crippen LogP contribution < -0.4 is 15.8 Å². The highest BCUT2D eigenvalue weighted by Gasteiger charge is 2.47. The number of hydrogen-bond donors (Lipinski definition) is 2. The van der Waals surface area contributed by atoms with Gasteiger partial charge in [0.15, 0.2) is 5.82 Å². The minimum absolute atomic E-state index is 0.0145. The third kappa shape index (κ3) is 4.26. The van der Waals surface area contributed by atoms with Crippen LogP contribution >= 0.6 is 0 Å². The largest absolute Gasteiger partial charge is 0.494 e. The monoisotopic (exact) mass is 580 g/mol. The summed E-state index contributed by atoms with van der Waals surface area (Å²) in [6.45, 7) is 3.28. The van der Waals surface area contributed by atoms with Gasteiger partial charge in [0, 0.05) is 56.1 Å². The number of rotatable bonds is 7. The molecule has 3 atom stereocenters. The number of amides is 2. The van der Waals surface area contributed by atoms with Crippen molar-refractivity contribution in [3.8, 4) is 17.3 Å². The van der Waals surface area contributed by atoms with E-state index in [-0.39, 0.29) is 29.9 Å². The molecule has 3 heterocycles. The fraction of sp³-hybridized carbons (Fsp3) is 0.500. The van der Waals surface area contributed by atoms with Gasteiger partial charge in [-0.3, -0.25) is 9.59 Å². The molecule has 9 heteroatoms. The molecule has 1 aliphatic heterocycles. The van der Waals surface area contributed by atoms with Crippen LogP contribution in [-0.4, -0.2) is 62.6 Å². The molecule has 0 spiro atoms. The number of nitrogens with two attached hydrogens (primary N) is 1. The summed E-state index contributed by atoms with van der Waals surface area (Å²) >= 11 is 0. The van der Waals surface area contributed by atoms with E-state index in [0.29, 0.717) is 29.1 Å². The molecule has 224 valence electrons. The van der Waals surface area contributed by atoms with Crippen LogP contribution in [0.2, 0.25) is 0 Å². The van der Waals surface area contributed by atoms with Crippen molar-refractivity contribution in [1.29, 1.82) is 0 Å². The first-order valence-electron chi connectivity index (χ1n) is 15.8. The standard InChI is InChI=1S/C34H40N6O3/c1-18(41)36-24-11-22(12-24)25-6-4-5-20-14-28(39(31(20)25)16-19-7-8-19)33-37-26-13-23(15-29(43-3)32(26)38(33)2)34(42)40-17-21-9-10-27(40)30(21)35/h4-6,13-15,19,21-22,24,27,30H,7-12,16-17,35H2,1-3H3,(H,36,41)/t21-,22?,24?,27-,30-/m1/s1. The Labute approximate surface area is 251 Å². The van der Waals surface area contributed by atoms with E-state index in [1.54, 1.807) is 14.0 Å². The maximum atomic E-state index is 13.7. The van der Waals surface area contributed by atoms with Crippen molar-refractivity contribution in [1.82, 2.24) is 24.3 Å². The zero-order valence-corrected chi connectivity index (χ0v) is 25.2. The Morgan fingerprint density at radius 3 is 2.58 bits per heavy atom. The quantitative estimate of drug-likeness (QED) is 0.333. The molecule has 3 saturated carbocycles. The Hall–Kier alpha value is -3.85. The van der Waals surface area contributed by atoms with Gasteiger partial charge in [-0.05, 0) is 80.0 Å². The molecule has 2 aromatic carbocycles. The lowest BCUT2D eigenvalue weighted by atomic mass is 9.75. The number of nitrogens with zero attached hydrogens (tertiary/aromatic N) is 4. The van der Waals surface area contributed by atoms with Gasteiger partial charge in [0.05, 0.1) is 23.8 Å². The number of ether oxygens (including phenoxy) is 1. The van der Waals surface area contributed by atoms with Crippen LogP contribution in [0.4, 0.5) is 0 Å². The molecular weight excluding hydrogens is 540 g/mol. The summed E-state index contributed by atoms with van der Waals surface area (Å²) in [6, 6.07) is 13.1. The van der Waals surface area contributed by atoms with Crippen molar-refractivity contribution in [2.45, 2.75) is 76.0 Å². The van der Waals surface area contributed by atoms with E-state index in [0.717, 1.165) is 61.3 Å². The molecule has 4 aliphatic rings. The van der Waals surface area contributed by atoms with E-state index in [9.17, 15) is 9.59 Å². The lowest BCUT2D eigenvalue weighted by Gasteiger charge is -2.36. The summed E-state index contributed by atoms with van der Waals surface area (Å²) in [6.07, 6.45) is 6.51. The third-order valence-electron chi connectivity index (χ3n) is 10.6. The minimum Gasteiger partial charge on any atom is -0.494 e. The lowest BCUT2D eigenvalue weighted by molar-refractivity contribution is -0.120. The predicted octanol–water partition coefficient (Wildman–Crippen LogP) is 4.56. The number of aryl methyl sites for hydroxylation is 1. The van der Waals surface area contributed by atoms with Gasteiger partial charge < -0.3 is 29.8 Å². The smallest absolute Gasteiger partial charge is 0.254 e. The fourth-order valence-corrected chi connectivity index (χ4v) is 8.16. The predicted molar refractivity (Wildman–Crippen MR) is 166 cm³/mol. The molecule has 3 aliphatic carbocycles. The van der Waals surface area contributed by atoms with Gasteiger partial charge in [-0.1, -0.05) is 18.2 Å². The molecule has 1 saturated heterocycles. The van der Waals surface area contributed by atoms with Crippen molar-refractivity contribution in [3.05, 3.63) is 47.5 Å². The number of nitrogens with one attached hydrogen (secondary N) is 1. The maximum absolute atomic E-state index is 13.7. The Balaban J connectivity index is 1.21. The third-order valence-corrected chi connectivity index (χ3v) is 10.6. The Morgan fingerprint density at radius 2 is 1.91 bits per heavy atom. The van der Waals surface area contributed by atoms with Gasteiger partial charge in [0.2, 0.25) is 5.91 Å². The number of likely N-dealkylation sites (tertiary alicyclic amines) is 1. The molecule has 2 amide bonds. The van der Waals surface area contributed by atoms with Gasteiger partial charge in [-0.15, -0.1) is 0 Å². The summed E-state index contributed by atoms with van der Waals surface area (Å²) in [4.78, 5) is 32.5. The van der Waals surface area contributed by atoms with E-state index in [4.69, 9.17) is 15.5 Å². The van der Waals surface area contributed by atoms with Gasteiger partial charge in [-0.25, -0.2) is 4.98 Å². The van der Waals surface area contributed by atoms with E-state index >= 15 is 0 Å². The SMILES string of the molecule is COc1cc(C(=O)N2C[C@H]3CC[C@@H]2[C@@H]3N)cc2nc(-c3cc4cccc(C5CC(NC(C)=O)C5)c4n3CC3CC3)n(C)c12. The average molecular weight is 581 g/mol. The van der Waals surface area contributed by atoms with Crippen LogP contribution in [0.25, 0.3) is 33.5 Å². The number of piperidine rings is 1. The number of para-hydroxylation sites is 1. The summed E-state index contributed by atoms with van der Waals surface area (Å²) in [5.41, 5.74) is 12.4. The molecule has 8 rings (SSSR count). The van der Waals surface area contributed by atoms with E-state index in [1.165, 1.54) is 29.3 Å². The van der Waals surface area contributed by atoms with Gasteiger partial charge in [0.1, 0.15) is 11.3 Å². The van der Waals surface area contributed by atoms with Crippen LogP contribution in [0.1, 0.15) is 67.3 Å². The molecule has 9 nitrogen and oxygen atoms in total. The highest BCUT2D eigenvalue weighted by atomic mass is 16.5. The van der Waals surface area contributed by atoms with E-state index in [1.807, 2.05) is 24.1 Å². The maximum Gasteiger partial charge on any atom is 0.254 e. The van der Waals surface area contributed by atoms with Crippen molar-refractivity contribution in [2.24, 2.45) is 24.6 Å². The first-order chi connectivity index (χ1) is 20.8. The highest BCUT2D eigenvalue weighted by molar-refractivity contribution is 6.00. The van der Waals surface area contributed by atoms with Crippen molar-refractivity contribution < 1.29 is 14.3 Å². The minimum atomic E-state index is 0.0145. The second-order valence-electron chi connectivity index (χ2n) is 13.4. The summed E-state index contributed by atoms with van der Waals surface area (Å²) in [5.74, 6) is 3.07. The number of aromatic nitrogens is 3. The fourth-order valence-electron chi connectivity index (χ4n) is 8.16. The summed E-state index contributed by atoms with van der Waals surface area (Å²) in [5, 5.41) is 4.30. The van der Waals surface area contributed by atoms with Crippen LogP contribution in [-0.2, 0) is 18.4 Å². The van der Waals surface area contributed by atoms with Gasteiger partial charge >= 0.3 is 0 Å². The van der Waals surface area contributed by atoms with E-state index < -0.39 is 0 Å². The van der Waals surface area contributed by atoms with Crippen molar-refractivity contribution >= 4 is 33.8 Å². The molecule has 2 aromatic heterocycles. The second-order valence-corrected chi connectivity index (χ2v) is 13.4. The molecular formula is C34H40N6O3. The number of fused-ring (bicyclic) bond motifs is 4. The molecule has 43 heavy (non-hydrogen) atoms. The second kappa shape index (κ2) is 9.84. The first kappa shape index (κ1) is 26.8. The van der Waals surface area contributed by atoms with Crippen LogP contribution in [0.3, 0.4) is 0 Å². The van der Waals surface area contributed by atoms with Gasteiger partial charge in [0.25, 0.3) is 5.91 Å². The topological polar surface area (TPSA) is 107 Å². The summed E-state index contributed by atoms with van der Waals surface area (Å²) in [7, 11) is 3.70. The molecule has 4 fully saturated rings. The molecule has 3 N–H and O–H groups in total. The average Bonchev–Trinajstić information content (AvgIpc) is 3.36.